The summed E-state index contributed by atoms with van der Waals surface area (Å²) in [4.78, 5) is 0. The van der Waals surface area contributed by atoms with E-state index >= 15 is 0 Å². The summed E-state index contributed by atoms with van der Waals surface area (Å²) in [6, 6.07) is -0.808. The summed E-state index contributed by atoms with van der Waals surface area (Å²) < 4.78 is 16.3. The molecule has 2 aliphatic rings. The Balaban J connectivity index is 2.12. The molecular weight excluding hydrogens is 346 g/mol. The minimum Gasteiger partial charge on any atom is -0.394 e. The number of rotatable bonds is 5. The summed E-state index contributed by atoms with van der Waals surface area (Å²) in [6.07, 6.45) is -8.88. The summed E-state index contributed by atoms with van der Waals surface area (Å²) >= 11 is 1.27. The van der Waals surface area contributed by atoms with Crippen LogP contribution in [0.3, 0.4) is 0 Å². The van der Waals surface area contributed by atoms with Crippen molar-refractivity contribution in [2.75, 3.05) is 19.5 Å². The van der Waals surface area contributed by atoms with Crippen molar-refractivity contribution in [1.29, 1.82) is 0 Å². The number of thioether (sulfide) groups is 1. The molecule has 0 aromatic rings. The van der Waals surface area contributed by atoms with Crippen LogP contribution in [0.2, 0.25) is 0 Å². The maximum absolute atomic E-state index is 10.3. The summed E-state index contributed by atoms with van der Waals surface area (Å²) in [6.45, 7) is -1.07. The smallest absolute Gasteiger partial charge is 0.187 e. The van der Waals surface area contributed by atoms with Gasteiger partial charge in [0, 0.05) is 0 Å². The number of ether oxygens (including phenoxy) is 3. The van der Waals surface area contributed by atoms with E-state index < -0.39 is 73.7 Å². The highest BCUT2D eigenvalue weighted by Gasteiger charge is 2.49. The van der Waals surface area contributed by atoms with Crippen molar-refractivity contribution < 1.29 is 44.8 Å². The quantitative estimate of drug-likeness (QED) is 0.250. The molecule has 10 nitrogen and oxygen atoms in total. The molecule has 0 aromatic heterocycles. The molecule has 0 bridgehead atoms. The molecule has 0 aliphatic carbocycles. The average Bonchev–Trinajstić information content (AvgIpc) is 2.59. The van der Waals surface area contributed by atoms with E-state index in [4.69, 9.17) is 19.9 Å². The van der Waals surface area contributed by atoms with Gasteiger partial charge in [-0.2, -0.15) is 0 Å². The average molecular weight is 371 g/mol. The standard InChI is InChI=1S/C13H25NO9S/c1-24-13-6(14)8(18)11(5(3-16)22-13)23-12-10(20)9(19)7(17)4(2-15)21-12/h4-13,15-20H,2-3,14H2,1H3/t4?,5?,6?,7-,8+,9-,10?,11+,12-,13+/m0/s1. The molecule has 24 heavy (non-hydrogen) atoms. The third kappa shape index (κ3) is 3.86. The van der Waals surface area contributed by atoms with Gasteiger partial charge in [0.25, 0.3) is 0 Å². The van der Waals surface area contributed by atoms with Gasteiger partial charge in [-0.1, -0.05) is 0 Å². The molecule has 8 N–H and O–H groups in total. The van der Waals surface area contributed by atoms with Gasteiger partial charge < -0.3 is 50.6 Å². The van der Waals surface area contributed by atoms with Gasteiger partial charge in [0.1, 0.15) is 48.2 Å². The largest absolute Gasteiger partial charge is 0.394 e. The molecule has 4 unspecified atom stereocenters. The lowest BCUT2D eigenvalue weighted by Crippen LogP contribution is -2.65. The molecule has 0 aromatic carbocycles. The van der Waals surface area contributed by atoms with Crippen LogP contribution in [0.25, 0.3) is 0 Å². The van der Waals surface area contributed by atoms with Crippen molar-refractivity contribution in [3.05, 3.63) is 0 Å². The van der Waals surface area contributed by atoms with E-state index in [1.54, 1.807) is 6.26 Å². The second-order valence-electron chi connectivity index (χ2n) is 5.83. The van der Waals surface area contributed by atoms with E-state index in [0.717, 1.165) is 0 Å². The van der Waals surface area contributed by atoms with Gasteiger partial charge in [-0.3, -0.25) is 0 Å². The van der Waals surface area contributed by atoms with Gasteiger partial charge in [0.05, 0.1) is 19.3 Å². The van der Waals surface area contributed by atoms with Crippen molar-refractivity contribution in [3.63, 3.8) is 0 Å². The third-order valence-electron chi connectivity index (χ3n) is 4.27. The van der Waals surface area contributed by atoms with E-state index in [1.165, 1.54) is 11.8 Å². The van der Waals surface area contributed by atoms with Crippen LogP contribution in [-0.2, 0) is 14.2 Å². The van der Waals surface area contributed by atoms with Crippen LogP contribution in [0.5, 0.6) is 0 Å². The first-order valence-corrected chi connectivity index (χ1v) is 8.83. The Kier molecular flexibility index (Phi) is 7.22. The molecule has 0 saturated carbocycles. The molecule has 2 saturated heterocycles. The molecule has 2 heterocycles. The maximum atomic E-state index is 10.3. The van der Waals surface area contributed by atoms with Crippen LogP contribution >= 0.6 is 11.8 Å². The van der Waals surface area contributed by atoms with Crippen molar-refractivity contribution in [1.82, 2.24) is 0 Å². The van der Waals surface area contributed by atoms with Crippen molar-refractivity contribution in [2.45, 2.75) is 60.5 Å². The zero-order valence-electron chi connectivity index (χ0n) is 13.1. The molecule has 11 heteroatoms. The summed E-state index contributed by atoms with van der Waals surface area (Å²) in [5, 5.41) is 58.5. The van der Waals surface area contributed by atoms with Gasteiger partial charge in [0.2, 0.25) is 0 Å². The normalized spacial score (nSPS) is 50.0. The Morgan fingerprint density at radius 2 is 1.54 bits per heavy atom. The van der Waals surface area contributed by atoms with E-state index in [0.29, 0.717) is 0 Å². The Morgan fingerprint density at radius 1 is 0.917 bits per heavy atom. The molecule has 0 amide bonds. The molecule has 2 aliphatic heterocycles. The third-order valence-corrected chi connectivity index (χ3v) is 5.16. The summed E-state index contributed by atoms with van der Waals surface area (Å²) in [7, 11) is 0. The monoisotopic (exact) mass is 371 g/mol. The topological polar surface area (TPSA) is 175 Å². The van der Waals surface area contributed by atoms with Crippen LogP contribution < -0.4 is 5.73 Å². The first-order chi connectivity index (χ1) is 11.3. The minimum absolute atomic E-state index is 0.469. The Hall–Kier alpha value is -0.0500. The summed E-state index contributed by atoms with van der Waals surface area (Å²) in [5.41, 5.74) is 5.34. The summed E-state index contributed by atoms with van der Waals surface area (Å²) in [5.74, 6) is 0. The first-order valence-electron chi connectivity index (χ1n) is 7.54. The molecule has 10 atom stereocenters. The van der Waals surface area contributed by atoms with Gasteiger partial charge in [-0.15, -0.1) is 11.8 Å². The lowest BCUT2D eigenvalue weighted by Gasteiger charge is -2.46. The predicted octanol–water partition coefficient (Wildman–Crippen LogP) is -4.06. The molecule has 0 radical (unpaired) electrons. The van der Waals surface area contributed by atoms with E-state index in [2.05, 4.69) is 0 Å². The number of hydrogen-bond donors (Lipinski definition) is 7. The number of nitrogens with two attached hydrogens (primary N) is 1. The van der Waals surface area contributed by atoms with Crippen molar-refractivity contribution in [3.8, 4) is 0 Å². The highest BCUT2D eigenvalue weighted by atomic mass is 32.2. The SMILES string of the molecule is CS[C@H]1OC(CO)[C@@H](O[C@@H]2OC(CO)[C@H](O)[C@H](O)C2O)[C@H](O)C1N. The zero-order chi connectivity index (χ0) is 18.0. The fourth-order valence-corrected chi connectivity index (χ4v) is 3.53. The molecule has 2 rings (SSSR count). The maximum Gasteiger partial charge on any atom is 0.187 e. The molecule has 2 fully saturated rings. The molecular formula is C13H25NO9S. The van der Waals surface area contributed by atoms with Crippen LogP contribution in [-0.4, -0.2) is 111 Å². The van der Waals surface area contributed by atoms with Crippen LogP contribution in [0.1, 0.15) is 0 Å². The number of aliphatic hydroxyl groups is 6. The zero-order valence-corrected chi connectivity index (χ0v) is 13.9. The van der Waals surface area contributed by atoms with E-state index in [1.807, 2.05) is 0 Å². The Labute approximate surface area is 143 Å². The van der Waals surface area contributed by atoms with Crippen LogP contribution in [0.4, 0.5) is 0 Å². The van der Waals surface area contributed by atoms with Crippen LogP contribution in [0.15, 0.2) is 0 Å². The lowest BCUT2D eigenvalue weighted by atomic mass is 9.97. The van der Waals surface area contributed by atoms with E-state index in [9.17, 15) is 30.6 Å². The lowest BCUT2D eigenvalue weighted by molar-refractivity contribution is -0.332. The first kappa shape index (κ1) is 20.3. The van der Waals surface area contributed by atoms with E-state index in [-0.39, 0.29) is 0 Å². The highest BCUT2D eigenvalue weighted by Crippen LogP contribution is 2.30. The van der Waals surface area contributed by atoms with Gasteiger partial charge in [0.15, 0.2) is 6.29 Å². The number of aliphatic hydroxyl groups excluding tert-OH is 6. The fourth-order valence-electron chi connectivity index (χ4n) is 2.80. The predicted molar refractivity (Wildman–Crippen MR) is 81.9 cm³/mol. The second kappa shape index (κ2) is 8.56. The van der Waals surface area contributed by atoms with Gasteiger partial charge >= 0.3 is 0 Å². The Bertz CT molecular complexity index is 402. The van der Waals surface area contributed by atoms with Crippen molar-refractivity contribution in [2.24, 2.45) is 5.73 Å². The minimum atomic E-state index is -1.62. The van der Waals surface area contributed by atoms with Gasteiger partial charge in [-0.25, -0.2) is 0 Å². The second-order valence-corrected chi connectivity index (χ2v) is 6.76. The number of hydrogen-bond acceptors (Lipinski definition) is 11. The highest BCUT2D eigenvalue weighted by molar-refractivity contribution is 7.99. The van der Waals surface area contributed by atoms with Crippen molar-refractivity contribution >= 4 is 11.8 Å². The van der Waals surface area contributed by atoms with Crippen LogP contribution in [0, 0.1) is 0 Å². The molecule has 0 spiro atoms. The molecule has 142 valence electrons. The Morgan fingerprint density at radius 3 is 2.08 bits per heavy atom. The van der Waals surface area contributed by atoms with Gasteiger partial charge in [-0.05, 0) is 6.26 Å². The fraction of sp³-hybridized carbons (Fsp3) is 1.00.